The highest BCUT2D eigenvalue weighted by Crippen LogP contribution is 2.48. The molecule has 9 aromatic heterocycles. The predicted octanol–water partition coefficient (Wildman–Crippen LogP) is 12.0. The molecule has 39 heteroatoms. The monoisotopic (exact) mass is 2010 g/mol. The van der Waals surface area contributed by atoms with E-state index < -0.39 is 114 Å². The Balaban J connectivity index is 0.000000120. The van der Waals surface area contributed by atoms with Crippen LogP contribution < -0.4 is 78.6 Å². The number of aromatic hydroxyl groups is 5. The van der Waals surface area contributed by atoms with Crippen molar-refractivity contribution in [1.82, 2.24) is 69.8 Å². The van der Waals surface area contributed by atoms with Gasteiger partial charge < -0.3 is 145 Å². The number of ether oxygens (including phenoxy) is 4. The molecule has 22 rings (SSSR count). The van der Waals surface area contributed by atoms with Crippen molar-refractivity contribution in [2.24, 2.45) is 40.0 Å². The van der Waals surface area contributed by atoms with Crippen LogP contribution in [0.3, 0.4) is 0 Å². The maximum Gasteiger partial charge on any atom is 0.345 e. The number of aromatic amines is 5. The first-order chi connectivity index (χ1) is 70.4. The molecule has 14 aromatic rings. The fourth-order valence-corrected chi connectivity index (χ4v) is 21.3. The molecule has 8 aliphatic rings. The van der Waals surface area contributed by atoms with E-state index in [0.717, 1.165) is 174 Å². The molecule has 2 saturated carbocycles. The van der Waals surface area contributed by atoms with Gasteiger partial charge in [0.25, 0.3) is 27.8 Å². The highest BCUT2D eigenvalue weighted by Gasteiger charge is 2.41. The number of aromatic carboxylic acids is 5. The second kappa shape index (κ2) is 41.3. The number of likely N-dealkylation sites (N-methyl/N-ethyl adjacent to an activating group) is 1. The number of H-pyrrole nitrogens is 5. The molecule has 1 saturated heterocycles. The molecule has 4 atom stereocenters. The van der Waals surface area contributed by atoms with Crippen molar-refractivity contribution < 1.29 is 94.0 Å². The summed E-state index contributed by atoms with van der Waals surface area (Å²) < 4.78 is 32.1. The Hall–Kier alpha value is -15.8. The zero-order chi connectivity index (χ0) is 104. The number of fused-ring (bicyclic) bond motifs is 20. The SMILES string of the molecule is CCC(C)NCc1cc2cc3c(cc2n1C)OCCc1c-3[nH]c(=O)c(C(=O)O)c1O.CCCNCc1cc2cc3c(cc2n1C)OCCc1c-3[nH]c(=O)c(C(=O)O)c1O.CCNCCc1cc2cc3c(cc2n1C)CCCc1c-3[nH]c(=O)c(C(=O)O)c1O.Cn1c(CNC2(C)CC2)cc2cc3c(cc21)OCCc1c-3[nH]c(=O)c(C(=O)O)c1O.O=C(O)c1c(O)c2c([nH]c1=O)-c1ccc(N[C@@H]3CC[C@H]4CNC[C@H]43)cc1OCC2. The number of benzene rings is 5. The van der Waals surface area contributed by atoms with Crippen molar-refractivity contribution in [1.29, 1.82) is 0 Å². The van der Waals surface area contributed by atoms with Crippen molar-refractivity contribution in [3.8, 4) is 108 Å². The van der Waals surface area contributed by atoms with Gasteiger partial charge in [-0.2, -0.15) is 0 Å². The standard InChI is InChI=1S/C22H23N3O5.C22H25N3O5.C22H25N3O4.2C21H23N3O5/c1-22(4-5-22)23-10-12-7-11-8-14-16(9-15(11)25(12)2)30-6-3-13-18(14)24-20(27)17(19(13)26)21(28)29;1-4-11(2)23-10-13-7-12-8-15-17(9-16(12)25(13)3)30-6-5-14-19(15)24-21(27)18(20(14)26)22(28)29;1-3-23-8-7-14-9-13-10-16-12(11-17(13)25(14)2)5-4-6-15-19(16)24-21(27)18(20(15)26)22(28)29;25-19-13-5-6-29-16-7-11(23-15-4-1-10-8-22-9-14(10)15)2-3-12(16)18(13)24-20(26)17(19)21(27)28;1-3-5-22-10-12-7-11-8-14-16(9-15(11)24(12)2)29-6-4-13-18(14)23-20(26)17(19(13)25)21(27)28/h7-9,23H,3-6,10H2,1-2H3,(H,28,29)(H2,24,26,27);7-9,11,23H,4-6,10H2,1-3H3,(H,28,29)(H2,24,26,27);9-11,23H,3-8H2,1-2H3,(H,28,29)(H2,24,26,27);2-3,7,10,14-15,22-23H,1,4-6,8-9H2,(H,27,28)(H2,24,25,26);7-9,22H,3-6,10H2,1-2H3,(H,27,28)(H2,23,25,26)/t;;;10-,14+,15+;/m...0./s1. The minimum Gasteiger partial charge on any atom is -0.506 e. The number of aromatic nitrogens is 9. The number of nitrogens with zero attached hydrogens (tertiary/aromatic N) is 4. The topological polar surface area (TPSA) is 581 Å². The van der Waals surface area contributed by atoms with Crippen molar-refractivity contribution in [2.45, 2.75) is 162 Å². The van der Waals surface area contributed by atoms with E-state index in [-0.39, 0.29) is 51.2 Å². The summed E-state index contributed by atoms with van der Waals surface area (Å²) in [5.74, 6) is -5.88. The first-order valence-electron chi connectivity index (χ1n) is 49.5. The number of carboxylic acids is 5. The summed E-state index contributed by atoms with van der Waals surface area (Å²) in [6.07, 6.45) is 11.0. The van der Waals surface area contributed by atoms with E-state index in [4.69, 9.17) is 18.9 Å². The lowest BCUT2D eigenvalue weighted by atomic mass is 9.97. The third-order valence-electron chi connectivity index (χ3n) is 29.8. The lowest BCUT2D eigenvalue weighted by molar-refractivity contribution is 0.0680. The van der Waals surface area contributed by atoms with Crippen LogP contribution in [0.25, 0.3) is 99.9 Å². The van der Waals surface area contributed by atoms with Crippen LogP contribution in [-0.4, -0.2) is 201 Å². The zero-order valence-electron chi connectivity index (χ0n) is 82.8. The molecule has 5 aliphatic heterocycles. The van der Waals surface area contributed by atoms with Gasteiger partial charge in [-0.15, -0.1) is 0 Å². The van der Waals surface area contributed by atoms with Gasteiger partial charge in [-0.05, 0) is 175 Å². The minimum atomic E-state index is -1.46. The molecule has 3 fully saturated rings. The first-order valence-corrected chi connectivity index (χ1v) is 49.5. The van der Waals surface area contributed by atoms with Gasteiger partial charge in [-0.1, -0.05) is 20.8 Å². The van der Waals surface area contributed by atoms with Crippen LogP contribution in [0.1, 0.15) is 188 Å². The first kappa shape index (κ1) is 101. The van der Waals surface area contributed by atoms with Crippen molar-refractivity contribution >= 4 is 79.1 Å². The molecule has 0 amide bonds. The van der Waals surface area contributed by atoms with E-state index in [9.17, 15) is 99.0 Å². The number of carboxylic acid groups (broad SMARTS) is 5. The molecule has 3 aliphatic carbocycles. The van der Waals surface area contributed by atoms with Crippen LogP contribution in [-0.2, 0) is 92.8 Å². The number of nitrogens with one attached hydrogen (secondary N) is 11. The Bertz CT molecular complexity index is 7830. The number of anilines is 1. The van der Waals surface area contributed by atoms with Crippen LogP contribution in [0.5, 0.6) is 51.7 Å². The molecule has 14 heterocycles. The average molecular weight is 2010 g/mol. The van der Waals surface area contributed by atoms with E-state index in [1.165, 1.54) is 25.0 Å². The molecule has 39 nitrogen and oxygen atoms in total. The highest BCUT2D eigenvalue weighted by atomic mass is 16.5. The molecule has 0 bridgehead atoms. The Labute approximate surface area is 839 Å². The average Bonchev–Trinajstić information content (AvgIpc) is 1.17. The molecule has 147 heavy (non-hydrogen) atoms. The summed E-state index contributed by atoms with van der Waals surface area (Å²) in [5, 5.41) is 124. The van der Waals surface area contributed by atoms with Gasteiger partial charge in [0, 0.05) is 246 Å². The fraction of sp³-hybridized carbons (Fsp3) is 0.370. The second-order valence-electron chi connectivity index (χ2n) is 39.0. The minimum absolute atomic E-state index is 0.231. The van der Waals surface area contributed by atoms with Crippen LogP contribution in [0.2, 0.25) is 0 Å². The van der Waals surface area contributed by atoms with Crippen LogP contribution in [0, 0.1) is 11.8 Å². The van der Waals surface area contributed by atoms with Gasteiger partial charge >= 0.3 is 29.8 Å². The van der Waals surface area contributed by atoms with E-state index in [1.807, 2.05) is 81.8 Å². The summed E-state index contributed by atoms with van der Waals surface area (Å²) in [5.41, 5.74) is 11.3. The number of pyridine rings is 5. The van der Waals surface area contributed by atoms with Crippen molar-refractivity contribution in [3.05, 3.63) is 227 Å². The van der Waals surface area contributed by atoms with Gasteiger partial charge in [0.05, 0.1) is 71.4 Å². The Morgan fingerprint density at radius 3 is 1.22 bits per heavy atom. The largest absolute Gasteiger partial charge is 0.506 e. The van der Waals surface area contributed by atoms with Gasteiger partial charge in [0.15, 0.2) is 27.8 Å². The molecule has 0 radical (unpaired) electrons. The molecule has 21 N–H and O–H groups in total. The van der Waals surface area contributed by atoms with Crippen molar-refractivity contribution in [3.63, 3.8) is 0 Å². The molecule has 1 unspecified atom stereocenters. The predicted molar refractivity (Wildman–Crippen MR) is 552 cm³/mol. The molecular formula is C108H119N15O24. The number of hydrogen-bond acceptors (Lipinski definition) is 25. The lowest BCUT2D eigenvalue weighted by Gasteiger charge is -2.21. The third-order valence-corrected chi connectivity index (χ3v) is 29.8. The summed E-state index contributed by atoms with van der Waals surface area (Å²) in [6.45, 7) is 18.9. The Morgan fingerprint density at radius 2 is 0.810 bits per heavy atom. The summed E-state index contributed by atoms with van der Waals surface area (Å²) in [6, 6.07) is 30.7. The lowest BCUT2D eigenvalue weighted by Crippen LogP contribution is -2.28. The van der Waals surface area contributed by atoms with Gasteiger partial charge in [0.2, 0.25) is 0 Å². The van der Waals surface area contributed by atoms with Gasteiger partial charge in [0.1, 0.15) is 51.7 Å². The number of carbonyl (C=O) groups is 5. The molecule has 770 valence electrons. The maximum atomic E-state index is 12.3. The third kappa shape index (κ3) is 19.6. The number of hydrogen-bond donors (Lipinski definition) is 21. The normalized spacial score (nSPS) is 16.2. The Morgan fingerprint density at radius 1 is 0.429 bits per heavy atom. The quantitative estimate of drug-likeness (QED) is 0.0280. The highest BCUT2D eigenvalue weighted by molar-refractivity contribution is 6.00. The Kier molecular flexibility index (Phi) is 28.5. The smallest absolute Gasteiger partial charge is 0.345 e. The summed E-state index contributed by atoms with van der Waals surface area (Å²) in [4.78, 5) is 132. The van der Waals surface area contributed by atoms with Gasteiger partial charge in [-0.3, -0.25) is 24.0 Å². The number of aryl methyl sites for hydroxylation is 5. The molecular weight excluding hydrogens is 1890 g/mol. The maximum absolute atomic E-state index is 12.3. The molecule has 0 spiro atoms. The van der Waals surface area contributed by atoms with E-state index in [1.54, 1.807) is 0 Å². The fourth-order valence-electron chi connectivity index (χ4n) is 21.3. The number of rotatable bonds is 22. The van der Waals surface area contributed by atoms with Crippen molar-refractivity contribution in [2.75, 3.05) is 64.5 Å². The van der Waals surface area contributed by atoms with E-state index >= 15 is 0 Å². The van der Waals surface area contributed by atoms with Crippen LogP contribution in [0.4, 0.5) is 5.69 Å². The van der Waals surface area contributed by atoms with E-state index in [0.29, 0.717) is 132 Å². The zero-order valence-corrected chi connectivity index (χ0v) is 82.8. The van der Waals surface area contributed by atoms with Crippen LogP contribution in [0.15, 0.2) is 115 Å². The molecule has 5 aromatic carbocycles. The summed E-state index contributed by atoms with van der Waals surface area (Å²) in [7, 11) is 8.07. The second-order valence-corrected chi connectivity index (χ2v) is 39.0. The van der Waals surface area contributed by atoms with E-state index in [2.05, 4.69) is 147 Å². The summed E-state index contributed by atoms with van der Waals surface area (Å²) >= 11 is 0. The van der Waals surface area contributed by atoms with Crippen LogP contribution >= 0.6 is 0 Å². The van der Waals surface area contributed by atoms with Gasteiger partial charge in [-0.25, -0.2) is 24.0 Å².